The number of nitrogens with one attached hydrogen (secondary N) is 2. The molecule has 3 aromatic rings. The first-order chi connectivity index (χ1) is 14.6. The van der Waals surface area contributed by atoms with Gasteiger partial charge in [-0.05, 0) is 48.2 Å². The van der Waals surface area contributed by atoms with Gasteiger partial charge in [-0.25, -0.2) is 8.42 Å². The largest absolute Gasteiger partial charge is 0.508 e. The summed E-state index contributed by atoms with van der Waals surface area (Å²) in [7, 11) is -3.89. The molecule has 4 rings (SSSR count). The normalized spacial score (nSPS) is 16.9. The Balaban J connectivity index is 1.50. The van der Waals surface area contributed by atoms with Crippen molar-refractivity contribution in [2.24, 2.45) is 5.73 Å². The Morgan fingerprint density at radius 3 is 2.81 bits per heavy atom. The molecule has 2 aromatic carbocycles. The summed E-state index contributed by atoms with van der Waals surface area (Å²) in [5.41, 5.74) is 6.36. The number of amides is 1. The number of phenolic OH excluding ortho intramolecular Hbond substituents is 1. The Bertz CT molecular complexity index is 1310. The number of rotatable bonds is 6. The predicted octanol–water partition coefficient (Wildman–Crippen LogP) is 2.62. The molecular formula is C20H19ClN4O4S2. The first kappa shape index (κ1) is 21.6. The molecule has 0 aliphatic carbocycles. The van der Waals surface area contributed by atoms with Crippen LogP contribution in [-0.4, -0.2) is 42.8 Å². The Kier molecular flexibility index (Phi) is 5.65. The van der Waals surface area contributed by atoms with Crippen LogP contribution in [0.4, 0.5) is 0 Å². The minimum Gasteiger partial charge on any atom is -0.508 e. The first-order valence-electron chi connectivity index (χ1n) is 9.30. The van der Waals surface area contributed by atoms with Gasteiger partial charge in [0.15, 0.2) is 0 Å². The number of aromatic hydroxyl groups is 1. The van der Waals surface area contributed by atoms with Crippen molar-refractivity contribution in [3.63, 3.8) is 0 Å². The van der Waals surface area contributed by atoms with Gasteiger partial charge in [0.2, 0.25) is 5.91 Å². The molecular weight excluding hydrogens is 460 g/mol. The SMILES string of the molecule is N=C(N)c1ccc(O)c(CN2CC[C@H](NS(=O)(=O)c3cc4ccc(Cl)cc4s3)C2=O)c1. The summed E-state index contributed by atoms with van der Waals surface area (Å²) in [6.07, 6.45) is 0.307. The van der Waals surface area contributed by atoms with Crippen LogP contribution in [0.15, 0.2) is 46.7 Å². The summed E-state index contributed by atoms with van der Waals surface area (Å²) < 4.78 is 29.0. The van der Waals surface area contributed by atoms with E-state index in [1.165, 1.54) is 17.0 Å². The van der Waals surface area contributed by atoms with E-state index in [-0.39, 0.29) is 28.2 Å². The molecule has 0 saturated carbocycles. The average molecular weight is 479 g/mol. The molecule has 1 saturated heterocycles. The molecule has 8 nitrogen and oxygen atoms in total. The lowest BCUT2D eigenvalue weighted by Gasteiger charge is -2.18. The number of hydrogen-bond donors (Lipinski definition) is 4. The molecule has 31 heavy (non-hydrogen) atoms. The maximum absolute atomic E-state index is 12.8. The molecule has 0 radical (unpaired) electrons. The predicted molar refractivity (Wildman–Crippen MR) is 120 cm³/mol. The van der Waals surface area contributed by atoms with Gasteiger partial charge in [0.25, 0.3) is 10.0 Å². The van der Waals surface area contributed by atoms with Crippen LogP contribution in [0.25, 0.3) is 10.1 Å². The first-order valence-corrected chi connectivity index (χ1v) is 12.0. The summed E-state index contributed by atoms with van der Waals surface area (Å²) in [6, 6.07) is 10.3. The number of nitrogen functional groups attached to an aromatic ring is 1. The second-order valence-corrected chi connectivity index (χ2v) is 10.7. The Morgan fingerprint density at radius 2 is 2.06 bits per heavy atom. The fourth-order valence-corrected chi connectivity index (χ4v) is 6.36. The standard InChI is InChI=1S/C20H19ClN4O4S2/c21-14-3-1-11-8-18(30-17(11)9-14)31(28,29)24-15-5-6-25(20(15)27)10-13-7-12(19(22)23)2-4-16(13)26/h1-4,7-9,15,24,26H,5-6,10H2,(H3,22,23)/t15-/m0/s1. The van der Waals surface area contributed by atoms with Crippen LogP contribution in [0.1, 0.15) is 17.5 Å². The van der Waals surface area contributed by atoms with E-state index in [1.807, 2.05) is 0 Å². The summed E-state index contributed by atoms with van der Waals surface area (Å²) in [5, 5.41) is 18.9. The summed E-state index contributed by atoms with van der Waals surface area (Å²) in [6.45, 7) is 0.420. The third-order valence-electron chi connectivity index (χ3n) is 5.07. The maximum Gasteiger partial charge on any atom is 0.250 e. The summed E-state index contributed by atoms with van der Waals surface area (Å²) in [4.78, 5) is 14.3. The Morgan fingerprint density at radius 1 is 1.29 bits per heavy atom. The van der Waals surface area contributed by atoms with Crippen LogP contribution in [0.5, 0.6) is 5.75 Å². The van der Waals surface area contributed by atoms with Crippen LogP contribution < -0.4 is 10.5 Å². The Hall–Kier alpha value is -2.66. The Labute approximate surface area is 187 Å². The molecule has 1 aliphatic rings. The van der Waals surface area contributed by atoms with Gasteiger partial charge in [-0.3, -0.25) is 10.2 Å². The highest BCUT2D eigenvalue weighted by atomic mass is 35.5. The minimum absolute atomic E-state index is 0.0224. The molecule has 1 fully saturated rings. The van der Waals surface area contributed by atoms with E-state index in [1.54, 1.807) is 30.3 Å². The zero-order chi connectivity index (χ0) is 22.3. The molecule has 1 aromatic heterocycles. The molecule has 162 valence electrons. The fourth-order valence-electron chi connectivity index (χ4n) is 3.45. The van der Waals surface area contributed by atoms with Crippen molar-refractivity contribution in [3.05, 3.63) is 58.6 Å². The summed E-state index contributed by atoms with van der Waals surface area (Å²) >= 11 is 7.06. The van der Waals surface area contributed by atoms with Crippen molar-refractivity contribution in [2.45, 2.75) is 23.2 Å². The number of amidine groups is 1. The fraction of sp³-hybridized carbons (Fsp3) is 0.200. The number of benzene rings is 2. The molecule has 0 bridgehead atoms. The highest BCUT2D eigenvalue weighted by molar-refractivity contribution is 7.91. The van der Waals surface area contributed by atoms with Gasteiger partial charge < -0.3 is 15.7 Å². The topological polar surface area (TPSA) is 137 Å². The van der Waals surface area contributed by atoms with E-state index in [0.29, 0.717) is 29.1 Å². The number of phenols is 1. The number of carbonyl (C=O) groups is 1. The van der Waals surface area contributed by atoms with Gasteiger partial charge in [0, 0.05) is 33.9 Å². The van der Waals surface area contributed by atoms with Gasteiger partial charge in [-0.15, -0.1) is 11.3 Å². The van der Waals surface area contributed by atoms with E-state index in [4.69, 9.17) is 22.7 Å². The minimum atomic E-state index is -3.89. The number of fused-ring (bicyclic) bond motifs is 1. The van der Waals surface area contributed by atoms with Gasteiger partial charge in [-0.2, -0.15) is 4.72 Å². The van der Waals surface area contributed by atoms with E-state index < -0.39 is 16.1 Å². The second-order valence-electron chi connectivity index (χ2n) is 7.23. The molecule has 0 unspecified atom stereocenters. The zero-order valence-electron chi connectivity index (χ0n) is 16.1. The third-order valence-corrected chi connectivity index (χ3v) is 8.35. The van der Waals surface area contributed by atoms with Gasteiger partial charge in [0.1, 0.15) is 21.8 Å². The number of nitrogens with two attached hydrogens (primary N) is 1. The van der Waals surface area contributed by atoms with Crippen molar-refractivity contribution in [1.82, 2.24) is 9.62 Å². The second kappa shape index (κ2) is 8.12. The smallest absolute Gasteiger partial charge is 0.250 e. The number of sulfonamides is 1. The van der Waals surface area contributed by atoms with E-state index >= 15 is 0 Å². The lowest BCUT2D eigenvalue weighted by molar-refractivity contribution is -0.129. The molecule has 2 heterocycles. The highest BCUT2D eigenvalue weighted by Gasteiger charge is 2.35. The molecule has 1 amide bonds. The van der Waals surface area contributed by atoms with E-state index in [0.717, 1.165) is 21.4 Å². The van der Waals surface area contributed by atoms with Crippen molar-refractivity contribution in [1.29, 1.82) is 5.41 Å². The van der Waals surface area contributed by atoms with Crippen molar-refractivity contribution < 1.29 is 18.3 Å². The van der Waals surface area contributed by atoms with Crippen molar-refractivity contribution in [2.75, 3.05) is 6.54 Å². The number of carbonyl (C=O) groups excluding carboxylic acids is 1. The quantitative estimate of drug-likeness (QED) is 0.319. The molecule has 1 aliphatic heterocycles. The lowest BCUT2D eigenvalue weighted by Crippen LogP contribution is -2.41. The lowest BCUT2D eigenvalue weighted by atomic mass is 10.1. The number of hydrogen-bond acceptors (Lipinski definition) is 6. The van der Waals surface area contributed by atoms with Crippen molar-refractivity contribution >= 4 is 54.8 Å². The van der Waals surface area contributed by atoms with Gasteiger partial charge in [-0.1, -0.05) is 17.7 Å². The zero-order valence-corrected chi connectivity index (χ0v) is 18.5. The number of nitrogens with zero attached hydrogens (tertiary/aromatic N) is 1. The number of thiophene rings is 1. The van der Waals surface area contributed by atoms with E-state index in [9.17, 15) is 18.3 Å². The monoisotopic (exact) mass is 478 g/mol. The number of likely N-dealkylation sites (tertiary alicyclic amines) is 1. The van der Waals surface area contributed by atoms with Gasteiger partial charge in [0.05, 0.1) is 0 Å². The van der Waals surface area contributed by atoms with Crippen LogP contribution in [0, 0.1) is 5.41 Å². The third kappa shape index (κ3) is 4.38. The van der Waals surface area contributed by atoms with E-state index in [2.05, 4.69) is 4.72 Å². The number of halogens is 1. The van der Waals surface area contributed by atoms with Crippen LogP contribution >= 0.6 is 22.9 Å². The molecule has 11 heteroatoms. The molecule has 5 N–H and O–H groups in total. The summed E-state index contributed by atoms with van der Waals surface area (Å²) in [5.74, 6) is -0.546. The molecule has 0 spiro atoms. The average Bonchev–Trinajstić information content (AvgIpc) is 3.28. The molecule has 1 atom stereocenters. The van der Waals surface area contributed by atoms with Gasteiger partial charge >= 0.3 is 0 Å². The van der Waals surface area contributed by atoms with Crippen LogP contribution in [0.3, 0.4) is 0 Å². The maximum atomic E-state index is 12.8. The van der Waals surface area contributed by atoms with Crippen LogP contribution in [-0.2, 0) is 21.4 Å². The van der Waals surface area contributed by atoms with Crippen molar-refractivity contribution in [3.8, 4) is 5.75 Å². The van der Waals surface area contributed by atoms with Crippen LogP contribution in [0.2, 0.25) is 5.02 Å². The highest BCUT2D eigenvalue weighted by Crippen LogP contribution is 2.31.